The van der Waals surface area contributed by atoms with Crippen molar-refractivity contribution in [3.05, 3.63) is 89.5 Å². The van der Waals surface area contributed by atoms with E-state index >= 15 is 0 Å². The van der Waals surface area contributed by atoms with Gasteiger partial charge in [0.15, 0.2) is 0 Å². The average molecular weight is 434 g/mol. The molecule has 6 nitrogen and oxygen atoms in total. The van der Waals surface area contributed by atoms with Crippen LogP contribution in [0.5, 0.6) is 0 Å². The second kappa shape index (κ2) is 9.95. The Labute approximate surface area is 185 Å². The molecule has 0 heterocycles. The Hall–Kier alpha value is -3.58. The van der Waals surface area contributed by atoms with Crippen molar-refractivity contribution in [3.63, 3.8) is 0 Å². The molecule has 158 valence electrons. The maximum absolute atomic E-state index is 12.5. The van der Waals surface area contributed by atoms with Crippen LogP contribution in [-0.4, -0.2) is 23.0 Å². The summed E-state index contributed by atoms with van der Waals surface area (Å²) in [6.07, 6.45) is 0. The minimum Gasteiger partial charge on any atom is -0.366 e. The molecule has 31 heavy (non-hydrogen) atoms. The second-order valence-corrected chi connectivity index (χ2v) is 8.42. The molecule has 1 unspecified atom stereocenters. The molecule has 0 saturated heterocycles. The monoisotopic (exact) mass is 433 g/mol. The quantitative estimate of drug-likeness (QED) is 0.479. The lowest BCUT2D eigenvalue weighted by Crippen LogP contribution is -2.24. The minimum absolute atomic E-state index is 0.176. The van der Waals surface area contributed by atoms with Gasteiger partial charge >= 0.3 is 0 Å². The van der Waals surface area contributed by atoms with E-state index in [-0.39, 0.29) is 17.4 Å². The van der Waals surface area contributed by atoms with Gasteiger partial charge in [-0.2, -0.15) is 0 Å². The zero-order chi connectivity index (χ0) is 22.4. The van der Waals surface area contributed by atoms with Crippen molar-refractivity contribution in [2.24, 2.45) is 5.73 Å². The molecule has 0 radical (unpaired) electrons. The summed E-state index contributed by atoms with van der Waals surface area (Å²) in [5.41, 5.74) is 8.30. The van der Waals surface area contributed by atoms with E-state index < -0.39 is 11.2 Å². The number of thioether (sulfide) groups is 1. The molecule has 0 aliphatic heterocycles. The van der Waals surface area contributed by atoms with Gasteiger partial charge in [0.1, 0.15) is 0 Å². The smallest absolute Gasteiger partial charge is 0.255 e. The predicted molar refractivity (Wildman–Crippen MR) is 124 cm³/mol. The lowest BCUT2D eigenvalue weighted by atomic mass is 10.1. The molecule has 3 amide bonds. The summed E-state index contributed by atoms with van der Waals surface area (Å²) in [6.45, 7) is 3.72. The molecule has 1 atom stereocenters. The first-order chi connectivity index (χ1) is 14.8. The highest BCUT2D eigenvalue weighted by atomic mass is 32.2. The van der Waals surface area contributed by atoms with Crippen LogP contribution >= 0.6 is 11.8 Å². The third kappa shape index (κ3) is 5.96. The van der Waals surface area contributed by atoms with E-state index in [1.165, 1.54) is 11.8 Å². The maximum Gasteiger partial charge on any atom is 0.255 e. The molecule has 3 aromatic rings. The van der Waals surface area contributed by atoms with Crippen LogP contribution in [-0.2, 0) is 4.79 Å². The van der Waals surface area contributed by atoms with E-state index in [9.17, 15) is 14.4 Å². The lowest BCUT2D eigenvalue weighted by Gasteiger charge is -2.14. The number of carbonyl (C=O) groups excluding carboxylic acids is 3. The summed E-state index contributed by atoms with van der Waals surface area (Å²) in [6, 6.07) is 21.3. The summed E-state index contributed by atoms with van der Waals surface area (Å²) in [4.78, 5) is 37.3. The van der Waals surface area contributed by atoms with Gasteiger partial charge in [0, 0.05) is 16.1 Å². The Kier molecular flexibility index (Phi) is 7.10. The molecule has 0 spiro atoms. The summed E-state index contributed by atoms with van der Waals surface area (Å²) in [5, 5.41) is 5.21. The number of hydrogen-bond donors (Lipinski definition) is 3. The van der Waals surface area contributed by atoms with Crippen LogP contribution in [0.25, 0.3) is 0 Å². The van der Waals surface area contributed by atoms with Crippen molar-refractivity contribution >= 4 is 40.9 Å². The van der Waals surface area contributed by atoms with Crippen molar-refractivity contribution in [3.8, 4) is 0 Å². The number of para-hydroxylation sites is 1. The Morgan fingerprint density at radius 2 is 1.61 bits per heavy atom. The number of nitrogens with two attached hydrogens (primary N) is 1. The molecule has 0 bridgehead atoms. The summed E-state index contributed by atoms with van der Waals surface area (Å²) < 4.78 is 0. The molecule has 0 fully saturated rings. The lowest BCUT2D eigenvalue weighted by molar-refractivity contribution is -0.115. The largest absolute Gasteiger partial charge is 0.366 e. The third-order valence-corrected chi connectivity index (χ3v) is 5.64. The molecule has 3 rings (SSSR count). The summed E-state index contributed by atoms with van der Waals surface area (Å²) in [5.74, 6) is -1.01. The Morgan fingerprint density at radius 1 is 0.903 bits per heavy atom. The van der Waals surface area contributed by atoms with Gasteiger partial charge in [-0.15, -0.1) is 11.8 Å². The molecule has 0 aliphatic carbocycles. The van der Waals surface area contributed by atoms with Crippen LogP contribution in [0.4, 0.5) is 11.4 Å². The van der Waals surface area contributed by atoms with E-state index in [1.807, 2.05) is 37.3 Å². The third-order valence-electron chi connectivity index (χ3n) is 4.52. The van der Waals surface area contributed by atoms with E-state index in [2.05, 4.69) is 10.6 Å². The van der Waals surface area contributed by atoms with Crippen molar-refractivity contribution in [1.82, 2.24) is 0 Å². The Bertz CT molecular complexity index is 1110. The van der Waals surface area contributed by atoms with E-state index in [0.29, 0.717) is 16.9 Å². The first-order valence-corrected chi connectivity index (χ1v) is 10.6. The number of anilines is 2. The maximum atomic E-state index is 12.5. The number of aryl methyl sites for hydroxylation is 1. The number of benzene rings is 3. The summed E-state index contributed by atoms with van der Waals surface area (Å²) >= 11 is 1.37. The molecule has 0 saturated carbocycles. The Balaban J connectivity index is 1.59. The zero-order valence-corrected chi connectivity index (χ0v) is 18.0. The van der Waals surface area contributed by atoms with Crippen molar-refractivity contribution in [1.29, 1.82) is 0 Å². The van der Waals surface area contributed by atoms with Crippen molar-refractivity contribution < 1.29 is 14.4 Å². The minimum atomic E-state index is -0.598. The molecule has 0 aromatic heterocycles. The molecular weight excluding hydrogens is 410 g/mol. The van der Waals surface area contributed by atoms with Gasteiger partial charge in [0.2, 0.25) is 5.91 Å². The summed E-state index contributed by atoms with van der Waals surface area (Å²) in [7, 11) is 0. The van der Waals surface area contributed by atoms with E-state index in [4.69, 9.17) is 5.73 Å². The highest BCUT2D eigenvalue weighted by Gasteiger charge is 2.17. The number of rotatable bonds is 7. The molecule has 4 N–H and O–H groups in total. The highest BCUT2D eigenvalue weighted by Crippen LogP contribution is 2.26. The van der Waals surface area contributed by atoms with Crippen LogP contribution in [0, 0.1) is 6.92 Å². The van der Waals surface area contributed by atoms with Gasteiger partial charge in [-0.1, -0.05) is 29.8 Å². The average Bonchev–Trinajstić information content (AvgIpc) is 2.75. The van der Waals surface area contributed by atoms with Gasteiger partial charge in [0.25, 0.3) is 11.8 Å². The van der Waals surface area contributed by atoms with Gasteiger partial charge in [-0.05, 0) is 62.4 Å². The fourth-order valence-corrected chi connectivity index (χ4v) is 3.77. The zero-order valence-electron chi connectivity index (χ0n) is 17.2. The predicted octanol–water partition coefficient (Wildman–Crippen LogP) is 4.47. The number of hydrogen-bond acceptors (Lipinski definition) is 4. The van der Waals surface area contributed by atoms with Gasteiger partial charge in [0.05, 0.1) is 16.5 Å². The van der Waals surface area contributed by atoms with Gasteiger partial charge in [-0.25, -0.2) is 0 Å². The Morgan fingerprint density at radius 3 is 2.29 bits per heavy atom. The number of nitrogens with one attached hydrogen (secondary N) is 2. The fraction of sp³-hybridized carbons (Fsp3) is 0.125. The van der Waals surface area contributed by atoms with Crippen molar-refractivity contribution in [2.45, 2.75) is 24.0 Å². The van der Waals surface area contributed by atoms with Gasteiger partial charge < -0.3 is 16.4 Å². The normalized spacial score (nSPS) is 11.4. The SMILES string of the molecule is Cc1cccc(C(=O)Nc2ccc(SC(C)C(=O)Nc3ccccc3C(N)=O)cc2)c1. The number of primary amides is 1. The molecule has 7 heteroatoms. The number of carbonyl (C=O) groups is 3. The topological polar surface area (TPSA) is 101 Å². The van der Waals surface area contributed by atoms with Crippen molar-refractivity contribution in [2.75, 3.05) is 10.6 Å². The second-order valence-electron chi connectivity index (χ2n) is 7.01. The standard InChI is InChI=1S/C24H23N3O3S/c1-15-6-5-7-17(14-15)24(30)26-18-10-12-19(13-11-18)31-16(2)23(29)27-21-9-4-3-8-20(21)22(25)28/h3-14,16H,1-2H3,(H2,25,28)(H,26,30)(H,27,29). The van der Waals surface area contributed by atoms with Crippen LogP contribution in [0.15, 0.2) is 77.7 Å². The first kappa shape index (κ1) is 22.1. The fourth-order valence-electron chi connectivity index (χ4n) is 2.91. The van der Waals surface area contributed by atoms with Crippen LogP contribution < -0.4 is 16.4 Å². The number of amides is 3. The van der Waals surface area contributed by atoms with Crippen LogP contribution in [0.3, 0.4) is 0 Å². The first-order valence-electron chi connectivity index (χ1n) is 9.68. The molecule has 3 aromatic carbocycles. The van der Waals surface area contributed by atoms with Crippen LogP contribution in [0.1, 0.15) is 33.2 Å². The van der Waals surface area contributed by atoms with Crippen LogP contribution in [0.2, 0.25) is 0 Å². The molecule has 0 aliphatic rings. The van der Waals surface area contributed by atoms with Gasteiger partial charge in [-0.3, -0.25) is 14.4 Å². The van der Waals surface area contributed by atoms with E-state index in [1.54, 1.807) is 49.4 Å². The van der Waals surface area contributed by atoms with E-state index in [0.717, 1.165) is 10.5 Å². The highest BCUT2D eigenvalue weighted by molar-refractivity contribution is 8.00. The molecular formula is C24H23N3O3S.